The Morgan fingerprint density at radius 3 is 2.38 bits per heavy atom. The highest BCUT2D eigenvalue weighted by Crippen LogP contribution is 2.26. The molecule has 0 aliphatic rings. The van der Waals surface area contributed by atoms with Crippen LogP contribution in [0.1, 0.15) is 31.0 Å². The largest absolute Gasteiger partial charge is 0.248 e. The van der Waals surface area contributed by atoms with E-state index in [1.165, 1.54) is 5.56 Å². The lowest BCUT2D eigenvalue weighted by Crippen LogP contribution is -1.96. The van der Waals surface area contributed by atoms with Gasteiger partial charge in [-0.25, -0.2) is 4.98 Å². The van der Waals surface area contributed by atoms with Crippen LogP contribution in [0.15, 0.2) is 73.9 Å². The molecular weight excluding hydrogens is 254 g/mol. The van der Waals surface area contributed by atoms with Gasteiger partial charge in [-0.2, -0.15) is 0 Å². The van der Waals surface area contributed by atoms with E-state index in [4.69, 9.17) is 4.98 Å². The topological polar surface area (TPSA) is 12.9 Å². The second-order valence-electron chi connectivity index (χ2n) is 5.25. The molecule has 0 radical (unpaired) electrons. The molecule has 1 aromatic carbocycles. The number of rotatable bonds is 5. The highest BCUT2D eigenvalue weighted by molar-refractivity contribution is 5.74. The van der Waals surface area contributed by atoms with Gasteiger partial charge in [-0.1, -0.05) is 75.6 Å². The van der Waals surface area contributed by atoms with E-state index in [2.05, 4.69) is 51.3 Å². The van der Waals surface area contributed by atoms with E-state index in [1.807, 2.05) is 30.4 Å². The Kier molecular flexibility index (Phi) is 4.89. The first kappa shape index (κ1) is 15.0. The Balaban J connectivity index is 2.62. The number of benzene rings is 1. The predicted molar refractivity (Wildman–Crippen MR) is 92.1 cm³/mol. The first-order valence-corrected chi connectivity index (χ1v) is 7.18. The van der Waals surface area contributed by atoms with Crippen molar-refractivity contribution in [2.45, 2.75) is 19.8 Å². The third-order valence-electron chi connectivity index (χ3n) is 3.40. The minimum absolute atomic E-state index is 0.448. The van der Waals surface area contributed by atoms with Gasteiger partial charge in [0.1, 0.15) is 0 Å². The molecule has 0 bridgehead atoms. The summed E-state index contributed by atoms with van der Waals surface area (Å²) < 4.78 is 0. The number of hydrogen-bond acceptors (Lipinski definition) is 1. The van der Waals surface area contributed by atoms with Gasteiger partial charge in [0.25, 0.3) is 0 Å². The van der Waals surface area contributed by atoms with Gasteiger partial charge in [-0.05, 0) is 29.2 Å². The molecule has 1 aromatic heterocycles. The lowest BCUT2D eigenvalue weighted by molar-refractivity contribution is 0.862. The summed E-state index contributed by atoms with van der Waals surface area (Å²) in [5.41, 5.74) is 5.33. The quantitative estimate of drug-likeness (QED) is 0.645. The zero-order valence-corrected chi connectivity index (χ0v) is 12.7. The molecule has 0 fully saturated rings. The third-order valence-corrected chi connectivity index (χ3v) is 3.40. The predicted octanol–water partition coefficient (Wildman–Crippen LogP) is 5.63. The number of hydrogen-bond donors (Lipinski definition) is 0. The summed E-state index contributed by atoms with van der Waals surface area (Å²) in [5.74, 6) is 0.448. The summed E-state index contributed by atoms with van der Waals surface area (Å²) in [4.78, 5) is 4.79. The van der Waals surface area contributed by atoms with Gasteiger partial charge in [0.15, 0.2) is 0 Å². The Hall–Kier alpha value is -2.41. The maximum Gasteiger partial charge on any atom is 0.0712 e. The van der Waals surface area contributed by atoms with Gasteiger partial charge in [-0.15, -0.1) is 0 Å². The summed E-state index contributed by atoms with van der Waals surface area (Å²) in [6, 6.07) is 14.6. The maximum absolute atomic E-state index is 4.79. The first-order valence-electron chi connectivity index (χ1n) is 7.18. The zero-order valence-electron chi connectivity index (χ0n) is 12.7. The van der Waals surface area contributed by atoms with Crippen LogP contribution in [0.25, 0.3) is 16.8 Å². The van der Waals surface area contributed by atoms with Gasteiger partial charge in [0, 0.05) is 5.56 Å². The van der Waals surface area contributed by atoms with Crippen molar-refractivity contribution in [3.8, 4) is 11.3 Å². The second kappa shape index (κ2) is 6.85. The van der Waals surface area contributed by atoms with E-state index in [-0.39, 0.29) is 0 Å². The molecule has 0 atom stereocenters. The second-order valence-corrected chi connectivity index (χ2v) is 5.25. The molecule has 1 heteroatoms. The molecule has 0 spiro atoms. The fourth-order valence-electron chi connectivity index (χ4n) is 2.17. The Morgan fingerprint density at radius 2 is 1.81 bits per heavy atom. The molecule has 0 amide bonds. The number of nitrogens with zero attached hydrogens (tertiary/aromatic N) is 1. The molecule has 0 saturated heterocycles. The third kappa shape index (κ3) is 3.57. The van der Waals surface area contributed by atoms with E-state index < -0.39 is 0 Å². The van der Waals surface area contributed by atoms with Crippen LogP contribution < -0.4 is 0 Å². The van der Waals surface area contributed by atoms with Gasteiger partial charge in [0.05, 0.1) is 11.4 Å². The Bertz CT molecular complexity index is 663. The molecule has 106 valence electrons. The summed E-state index contributed by atoms with van der Waals surface area (Å²) in [5, 5.41) is 0. The smallest absolute Gasteiger partial charge is 0.0712 e. The Morgan fingerprint density at radius 1 is 1.10 bits per heavy atom. The number of allylic oxidation sites excluding steroid dienone is 4. The highest BCUT2D eigenvalue weighted by Gasteiger charge is 2.09. The standard InChI is InChI=1S/C20H21N/c1-5-10-16(6-2)19-13-18(15(3)4)14-20(21-19)17-11-8-7-9-12-17/h5-15H,1-2H2,3-4H3/b16-10+. The molecule has 0 saturated carbocycles. The summed E-state index contributed by atoms with van der Waals surface area (Å²) in [7, 11) is 0. The van der Waals surface area contributed by atoms with E-state index in [1.54, 1.807) is 6.08 Å². The van der Waals surface area contributed by atoms with Crippen molar-refractivity contribution in [2.24, 2.45) is 0 Å². The van der Waals surface area contributed by atoms with Crippen LogP contribution in [0.2, 0.25) is 0 Å². The average Bonchev–Trinajstić information content (AvgIpc) is 2.53. The monoisotopic (exact) mass is 275 g/mol. The van der Waals surface area contributed by atoms with Crippen LogP contribution in [-0.2, 0) is 0 Å². The average molecular weight is 275 g/mol. The first-order chi connectivity index (χ1) is 10.2. The molecule has 2 rings (SSSR count). The fraction of sp³-hybridized carbons (Fsp3) is 0.150. The lowest BCUT2D eigenvalue weighted by Gasteiger charge is -2.12. The van der Waals surface area contributed by atoms with Crippen LogP contribution in [0.4, 0.5) is 0 Å². The molecule has 2 aromatic rings. The van der Waals surface area contributed by atoms with Crippen molar-refractivity contribution in [3.63, 3.8) is 0 Å². The molecule has 0 N–H and O–H groups in total. The normalized spacial score (nSPS) is 11.5. The minimum Gasteiger partial charge on any atom is -0.248 e. The van der Waals surface area contributed by atoms with E-state index in [0.717, 1.165) is 22.5 Å². The molecular formula is C20H21N. The van der Waals surface area contributed by atoms with E-state index >= 15 is 0 Å². The fourth-order valence-corrected chi connectivity index (χ4v) is 2.17. The maximum atomic E-state index is 4.79. The Labute approximate surface area is 127 Å². The highest BCUT2D eigenvalue weighted by atomic mass is 14.7. The number of pyridine rings is 1. The molecule has 0 aliphatic carbocycles. The van der Waals surface area contributed by atoms with Crippen molar-refractivity contribution in [1.82, 2.24) is 4.98 Å². The van der Waals surface area contributed by atoms with Crippen molar-refractivity contribution in [1.29, 1.82) is 0 Å². The van der Waals surface area contributed by atoms with Crippen LogP contribution >= 0.6 is 0 Å². The van der Waals surface area contributed by atoms with Gasteiger partial charge in [0.2, 0.25) is 0 Å². The summed E-state index contributed by atoms with van der Waals surface area (Å²) in [6.45, 7) is 12.0. The zero-order chi connectivity index (χ0) is 15.2. The summed E-state index contributed by atoms with van der Waals surface area (Å²) >= 11 is 0. The molecule has 0 aliphatic heterocycles. The van der Waals surface area contributed by atoms with Crippen LogP contribution in [0, 0.1) is 0 Å². The van der Waals surface area contributed by atoms with E-state index in [9.17, 15) is 0 Å². The molecule has 21 heavy (non-hydrogen) atoms. The lowest BCUT2D eigenvalue weighted by atomic mass is 9.98. The van der Waals surface area contributed by atoms with Crippen molar-refractivity contribution in [2.75, 3.05) is 0 Å². The van der Waals surface area contributed by atoms with Crippen molar-refractivity contribution < 1.29 is 0 Å². The van der Waals surface area contributed by atoms with Crippen molar-refractivity contribution >= 4 is 5.57 Å². The van der Waals surface area contributed by atoms with Crippen molar-refractivity contribution in [3.05, 3.63) is 85.1 Å². The minimum atomic E-state index is 0.448. The van der Waals surface area contributed by atoms with Gasteiger partial charge in [-0.3, -0.25) is 0 Å². The molecule has 1 nitrogen and oxygen atoms in total. The van der Waals surface area contributed by atoms with Crippen LogP contribution in [0.3, 0.4) is 0 Å². The van der Waals surface area contributed by atoms with E-state index in [0.29, 0.717) is 5.92 Å². The molecule has 1 heterocycles. The molecule has 0 unspecified atom stereocenters. The number of aromatic nitrogens is 1. The van der Waals surface area contributed by atoms with Crippen LogP contribution in [0.5, 0.6) is 0 Å². The van der Waals surface area contributed by atoms with Crippen LogP contribution in [-0.4, -0.2) is 4.98 Å². The van der Waals surface area contributed by atoms with Gasteiger partial charge < -0.3 is 0 Å². The SMILES string of the molecule is C=C/C=C(\C=C)c1cc(C(C)C)cc(-c2ccccc2)n1. The summed E-state index contributed by atoms with van der Waals surface area (Å²) in [6.07, 6.45) is 5.53. The van der Waals surface area contributed by atoms with Gasteiger partial charge >= 0.3 is 0 Å².